The van der Waals surface area contributed by atoms with Crippen LogP contribution in [0.4, 0.5) is 5.69 Å². The second-order valence-corrected chi connectivity index (χ2v) is 4.36. The lowest BCUT2D eigenvalue weighted by Crippen LogP contribution is -2.47. The van der Waals surface area contributed by atoms with E-state index in [0.717, 1.165) is 18.2 Å². The summed E-state index contributed by atoms with van der Waals surface area (Å²) < 4.78 is 0. The van der Waals surface area contributed by atoms with Gasteiger partial charge in [-0.05, 0) is 13.0 Å². The Morgan fingerprint density at radius 2 is 2.05 bits per heavy atom. The Bertz CT molecular complexity index is 560. The zero-order valence-corrected chi connectivity index (χ0v) is 11.0. The molecule has 0 fully saturated rings. The van der Waals surface area contributed by atoms with Gasteiger partial charge in [-0.1, -0.05) is 11.6 Å². The lowest BCUT2D eigenvalue weighted by Gasteiger charge is -2.17. The van der Waals surface area contributed by atoms with Crippen LogP contribution in [-0.2, 0) is 4.79 Å². The van der Waals surface area contributed by atoms with Crippen LogP contribution in [0.1, 0.15) is 17.3 Å². The summed E-state index contributed by atoms with van der Waals surface area (Å²) in [6.07, 6.45) is -1.34. The van der Waals surface area contributed by atoms with Crippen molar-refractivity contribution < 1.29 is 24.7 Å². The average molecular weight is 303 g/mol. The zero-order valence-electron chi connectivity index (χ0n) is 10.2. The van der Waals surface area contributed by atoms with E-state index in [4.69, 9.17) is 16.7 Å². The van der Waals surface area contributed by atoms with Crippen LogP contribution >= 0.6 is 11.6 Å². The molecule has 0 spiro atoms. The number of hydrogen-bond donors (Lipinski definition) is 3. The summed E-state index contributed by atoms with van der Waals surface area (Å²) >= 11 is 5.75. The summed E-state index contributed by atoms with van der Waals surface area (Å²) in [5.41, 5.74) is -0.601. The number of non-ortho nitro benzene ring substituents is 1. The van der Waals surface area contributed by atoms with Gasteiger partial charge in [-0.3, -0.25) is 14.9 Å². The first-order chi connectivity index (χ1) is 9.23. The van der Waals surface area contributed by atoms with Crippen LogP contribution in [0.2, 0.25) is 5.02 Å². The molecule has 0 heterocycles. The molecule has 9 heteroatoms. The number of aliphatic hydroxyl groups is 1. The van der Waals surface area contributed by atoms with Crippen molar-refractivity contribution in [3.63, 3.8) is 0 Å². The number of nitrogens with zero attached hydrogens (tertiary/aromatic N) is 1. The molecule has 0 saturated carbocycles. The Morgan fingerprint density at radius 1 is 1.45 bits per heavy atom. The summed E-state index contributed by atoms with van der Waals surface area (Å²) in [5.74, 6) is -2.36. The van der Waals surface area contributed by atoms with Gasteiger partial charge in [0.25, 0.3) is 11.6 Å². The molecular formula is C11H11ClN2O6. The molecule has 0 aromatic heterocycles. The number of benzene rings is 1. The smallest absolute Gasteiger partial charge is 0.328 e. The molecule has 20 heavy (non-hydrogen) atoms. The molecule has 1 aromatic rings. The van der Waals surface area contributed by atoms with Crippen LogP contribution < -0.4 is 5.32 Å². The van der Waals surface area contributed by atoms with Crippen molar-refractivity contribution in [3.8, 4) is 0 Å². The van der Waals surface area contributed by atoms with E-state index < -0.39 is 28.9 Å². The third-order valence-electron chi connectivity index (χ3n) is 2.44. The summed E-state index contributed by atoms with van der Waals surface area (Å²) in [6.45, 7) is 1.19. The van der Waals surface area contributed by atoms with Gasteiger partial charge in [0, 0.05) is 12.1 Å². The minimum atomic E-state index is -1.54. The first kappa shape index (κ1) is 15.9. The molecule has 0 bridgehead atoms. The molecular weight excluding hydrogens is 292 g/mol. The van der Waals surface area contributed by atoms with Crippen LogP contribution in [-0.4, -0.2) is 39.2 Å². The maximum Gasteiger partial charge on any atom is 0.328 e. The summed E-state index contributed by atoms with van der Waals surface area (Å²) in [4.78, 5) is 32.6. The molecule has 0 saturated heterocycles. The summed E-state index contributed by atoms with van der Waals surface area (Å²) in [5, 5.41) is 30.7. The van der Waals surface area contributed by atoms with Crippen molar-refractivity contribution >= 4 is 29.2 Å². The fraction of sp³-hybridized carbons (Fsp3) is 0.273. The molecule has 0 unspecified atom stereocenters. The highest BCUT2D eigenvalue weighted by atomic mass is 35.5. The van der Waals surface area contributed by atoms with Gasteiger partial charge in [0.2, 0.25) is 0 Å². The molecule has 3 N–H and O–H groups in total. The van der Waals surface area contributed by atoms with Crippen LogP contribution in [0.25, 0.3) is 0 Å². The van der Waals surface area contributed by atoms with E-state index in [-0.39, 0.29) is 16.3 Å². The highest BCUT2D eigenvalue weighted by molar-refractivity contribution is 6.34. The van der Waals surface area contributed by atoms with Crippen LogP contribution in [0, 0.1) is 10.1 Å². The predicted octanol–water partition coefficient (Wildman–Crippen LogP) is 0.812. The number of nitro benzene ring substituents is 1. The van der Waals surface area contributed by atoms with Gasteiger partial charge < -0.3 is 15.5 Å². The molecule has 0 aliphatic rings. The number of hydrogen-bond acceptors (Lipinski definition) is 5. The van der Waals surface area contributed by atoms with Crippen LogP contribution in [0.15, 0.2) is 18.2 Å². The third-order valence-corrected chi connectivity index (χ3v) is 2.77. The average Bonchev–Trinajstić information content (AvgIpc) is 2.34. The molecule has 0 radical (unpaired) electrons. The van der Waals surface area contributed by atoms with Crippen LogP contribution in [0.5, 0.6) is 0 Å². The largest absolute Gasteiger partial charge is 0.480 e. The van der Waals surface area contributed by atoms with E-state index >= 15 is 0 Å². The molecule has 1 amide bonds. The molecule has 0 aliphatic heterocycles. The topological polar surface area (TPSA) is 130 Å². The van der Waals surface area contributed by atoms with Crippen molar-refractivity contribution in [2.45, 2.75) is 19.1 Å². The summed E-state index contributed by atoms with van der Waals surface area (Å²) in [6, 6.07) is 1.66. The molecule has 1 aromatic carbocycles. The Balaban J connectivity index is 3.05. The quantitative estimate of drug-likeness (QED) is 0.545. The number of rotatable bonds is 5. The van der Waals surface area contributed by atoms with Crippen molar-refractivity contribution in [2.75, 3.05) is 0 Å². The van der Waals surface area contributed by atoms with Crippen molar-refractivity contribution in [1.29, 1.82) is 0 Å². The number of aliphatic hydroxyl groups excluding tert-OH is 1. The fourth-order valence-electron chi connectivity index (χ4n) is 1.41. The lowest BCUT2D eigenvalue weighted by atomic mass is 10.1. The number of carbonyl (C=O) groups is 2. The maximum atomic E-state index is 11.9. The lowest BCUT2D eigenvalue weighted by molar-refractivity contribution is -0.384. The standard InChI is InChI=1S/C11H11ClN2O6/c1-5(15)9(11(17)18)13-10(16)7-4-6(14(19)20)2-3-8(7)12/h2-5,9,15H,1H3,(H,13,16)(H,17,18)/t5-,9+/m1/s1. The molecule has 108 valence electrons. The van der Waals surface area contributed by atoms with Gasteiger partial charge in [0.15, 0.2) is 6.04 Å². The third kappa shape index (κ3) is 3.65. The van der Waals surface area contributed by atoms with Gasteiger partial charge in [-0.25, -0.2) is 4.79 Å². The second-order valence-electron chi connectivity index (χ2n) is 3.95. The number of carboxylic acids is 1. The minimum absolute atomic E-state index is 0.0668. The number of nitro groups is 1. The number of nitrogens with one attached hydrogen (secondary N) is 1. The predicted molar refractivity (Wildman–Crippen MR) is 68.7 cm³/mol. The Morgan fingerprint density at radius 3 is 2.50 bits per heavy atom. The Hall–Kier alpha value is -2.19. The van der Waals surface area contributed by atoms with E-state index in [1.165, 1.54) is 6.92 Å². The van der Waals surface area contributed by atoms with Gasteiger partial charge >= 0.3 is 5.97 Å². The number of halogens is 1. The maximum absolute atomic E-state index is 11.9. The number of carbonyl (C=O) groups excluding carboxylic acids is 1. The molecule has 1 rings (SSSR count). The van der Waals surface area contributed by atoms with Gasteiger partial charge in [0.1, 0.15) is 0 Å². The fourth-order valence-corrected chi connectivity index (χ4v) is 1.61. The molecule has 2 atom stereocenters. The van der Waals surface area contributed by atoms with E-state index in [1.54, 1.807) is 0 Å². The first-order valence-electron chi connectivity index (χ1n) is 5.39. The van der Waals surface area contributed by atoms with E-state index in [0.29, 0.717) is 0 Å². The number of amides is 1. The highest BCUT2D eigenvalue weighted by Gasteiger charge is 2.26. The van der Waals surface area contributed by atoms with E-state index in [2.05, 4.69) is 0 Å². The second kappa shape index (κ2) is 6.31. The van der Waals surface area contributed by atoms with Gasteiger partial charge in [-0.2, -0.15) is 0 Å². The minimum Gasteiger partial charge on any atom is -0.480 e. The number of aliphatic carboxylic acids is 1. The van der Waals surface area contributed by atoms with Crippen LogP contribution in [0.3, 0.4) is 0 Å². The molecule has 8 nitrogen and oxygen atoms in total. The zero-order chi connectivity index (χ0) is 15.4. The number of carboxylic acid groups (broad SMARTS) is 1. The summed E-state index contributed by atoms with van der Waals surface area (Å²) in [7, 11) is 0. The van der Waals surface area contributed by atoms with Crippen molar-refractivity contribution in [3.05, 3.63) is 38.9 Å². The normalized spacial score (nSPS) is 13.3. The van der Waals surface area contributed by atoms with E-state index in [9.17, 15) is 24.8 Å². The van der Waals surface area contributed by atoms with Crippen molar-refractivity contribution in [1.82, 2.24) is 5.32 Å². The Labute approximate surface area is 118 Å². The first-order valence-corrected chi connectivity index (χ1v) is 5.77. The molecule has 0 aliphatic carbocycles. The van der Waals surface area contributed by atoms with Gasteiger partial charge in [0.05, 0.1) is 21.6 Å². The monoisotopic (exact) mass is 302 g/mol. The van der Waals surface area contributed by atoms with Crippen molar-refractivity contribution in [2.24, 2.45) is 0 Å². The Kier molecular flexibility index (Phi) is 5.00. The van der Waals surface area contributed by atoms with Gasteiger partial charge in [-0.15, -0.1) is 0 Å². The highest BCUT2D eigenvalue weighted by Crippen LogP contribution is 2.22. The SMILES string of the molecule is C[C@@H](O)[C@H](NC(=O)c1cc([N+](=O)[O-])ccc1Cl)C(=O)O. The van der Waals surface area contributed by atoms with E-state index in [1.807, 2.05) is 5.32 Å².